The number of aromatic nitrogens is 4. The number of hydrogen-bond donors (Lipinski definition) is 1. The molecule has 3 rings (SSSR count). The summed E-state index contributed by atoms with van der Waals surface area (Å²) in [4.78, 5) is 10.3. The zero-order valence-electron chi connectivity index (χ0n) is 14.1. The minimum atomic E-state index is 0.605. The molecule has 7 heteroatoms. The molecule has 0 spiro atoms. The van der Waals surface area contributed by atoms with E-state index in [4.69, 9.17) is 4.98 Å². The zero-order valence-corrected chi connectivity index (χ0v) is 15.7. The number of nitrogens with one attached hydrogen (secondary N) is 1. The SMILES string of the molecule is CSc1cc(-c2c(C)cccc2C)nc(NSc2cnn(C)c2)n1. The average Bonchev–Trinajstić information content (AvgIpc) is 2.98. The van der Waals surface area contributed by atoms with E-state index in [9.17, 15) is 0 Å². The van der Waals surface area contributed by atoms with Crippen LogP contribution in [0.1, 0.15) is 11.1 Å². The fraction of sp³-hybridized carbons (Fsp3) is 0.235. The van der Waals surface area contributed by atoms with Crippen LogP contribution < -0.4 is 4.72 Å². The quantitative estimate of drug-likeness (QED) is 0.416. The van der Waals surface area contributed by atoms with Gasteiger partial charge in [0.15, 0.2) is 0 Å². The normalized spacial score (nSPS) is 10.8. The molecule has 0 saturated heterocycles. The Morgan fingerprint density at radius 2 is 1.88 bits per heavy atom. The summed E-state index contributed by atoms with van der Waals surface area (Å²) in [7, 11) is 1.90. The molecule has 0 bridgehead atoms. The van der Waals surface area contributed by atoms with Crippen molar-refractivity contribution >= 4 is 29.7 Å². The van der Waals surface area contributed by atoms with Gasteiger partial charge in [0.05, 0.1) is 16.8 Å². The van der Waals surface area contributed by atoms with Crippen molar-refractivity contribution in [1.29, 1.82) is 0 Å². The van der Waals surface area contributed by atoms with Crippen LogP contribution >= 0.6 is 23.7 Å². The Labute approximate surface area is 150 Å². The number of hydrogen-bond acceptors (Lipinski definition) is 6. The van der Waals surface area contributed by atoms with Gasteiger partial charge < -0.3 is 0 Å². The Hall–Kier alpha value is -1.99. The smallest absolute Gasteiger partial charge is 0.234 e. The molecule has 3 aromatic rings. The van der Waals surface area contributed by atoms with Crippen molar-refractivity contribution in [1.82, 2.24) is 19.7 Å². The molecular formula is C17H19N5S2. The maximum absolute atomic E-state index is 4.71. The number of nitrogens with zero attached hydrogens (tertiary/aromatic N) is 4. The highest BCUT2D eigenvalue weighted by atomic mass is 32.2. The van der Waals surface area contributed by atoms with E-state index in [-0.39, 0.29) is 0 Å². The lowest BCUT2D eigenvalue weighted by atomic mass is 10.00. The van der Waals surface area contributed by atoms with Crippen LogP contribution in [0.2, 0.25) is 0 Å². The highest BCUT2D eigenvalue weighted by Gasteiger charge is 2.11. The van der Waals surface area contributed by atoms with Crippen molar-refractivity contribution in [2.24, 2.45) is 7.05 Å². The zero-order chi connectivity index (χ0) is 17.1. The van der Waals surface area contributed by atoms with Crippen molar-refractivity contribution in [3.05, 3.63) is 47.8 Å². The van der Waals surface area contributed by atoms with Gasteiger partial charge in [-0.15, -0.1) is 11.8 Å². The van der Waals surface area contributed by atoms with Crippen LogP contribution in [0, 0.1) is 13.8 Å². The molecule has 5 nitrogen and oxygen atoms in total. The predicted octanol–water partition coefficient (Wildman–Crippen LogP) is 4.34. The highest BCUT2D eigenvalue weighted by molar-refractivity contribution is 8.00. The number of thioether (sulfide) groups is 1. The van der Waals surface area contributed by atoms with Crippen LogP contribution in [0.5, 0.6) is 0 Å². The molecule has 0 aliphatic carbocycles. The van der Waals surface area contributed by atoms with Gasteiger partial charge in [0.2, 0.25) is 5.95 Å². The summed E-state index contributed by atoms with van der Waals surface area (Å²) in [6.45, 7) is 4.22. The number of rotatable bonds is 5. The first-order valence-corrected chi connectivity index (χ1v) is 9.52. The first-order valence-electron chi connectivity index (χ1n) is 7.48. The molecule has 2 aromatic heterocycles. The molecule has 1 N–H and O–H groups in total. The van der Waals surface area contributed by atoms with E-state index in [0.29, 0.717) is 5.95 Å². The average molecular weight is 358 g/mol. The lowest BCUT2D eigenvalue weighted by Crippen LogP contribution is -1.99. The molecule has 0 fully saturated rings. The molecule has 1 aromatic carbocycles. The van der Waals surface area contributed by atoms with Gasteiger partial charge >= 0.3 is 0 Å². The number of aryl methyl sites for hydroxylation is 3. The minimum absolute atomic E-state index is 0.605. The first-order chi connectivity index (χ1) is 11.6. The van der Waals surface area contributed by atoms with Crippen LogP contribution in [-0.2, 0) is 7.05 Å². The highest BCUT2D eigenvalue weighted by Crippen LogP contribution is 2.29. The lowest BCUT2D eigenvalue weighted by Gasteiger charge is -2.12. The second-order valence-corrected chi connectivity index (χ2v) is 7.15. The summed E-state index contributed by atoms with van der Waals surface area (Å²) in [5, 5.41) is 5.10. The summed E-state index contributed by atoms with van der Waals surface area (Å²) in [6.07, 6.45) is 5.78. The van der Waals surface area contributed by atoms with Crippen molar-refractivity contribution in [3.63, 3.8) is 0 Å². The van der Waals surface area contributed by atoms with E-state index in [1.807, 2.05) is 31.8 Å². The second kappa shape index (κ2) is 7.27. The molecule has 24 heavy (non-hydrogen) atoms. The maximum Gasteiger partial charge on any atom is 0.234 e. The Morgan fingerprint density at radius 3 is 2.50 bits per heavy atom. The van der Waals surface area contributed by atoms with Crippen LogP contribution in [0.3, 0.4) is 0 Å². The largest absolute Gasteiger partial charge is 0.294 e. The van der Waals surface area contributed by atoms with E-state index < -0.39 is 0 Å². The van der Waals surface area contributed by atoms with Crippen LogP contribution in [0.15, 0.2) is 46.6 Å². The molecule has 0 amide bonds. The standard InChI is InChI=1S/C17H19N5S2/c1-11-6-5-7-12(2)16(11)14-8-15(23-4)20-17(19-14)21-24-13-9-18-22(3)10-13/h5-10H,1-4H3,(H,19,20,21). The van der Waals surface area contributed by atoms with Gasteiger partial charge in [-0.25, -0.2) is 9.97 Å². The molecule has 0 saturated carbocycles. The molecular weight excluding hydrogens is 338 g/mol. The van der Waals surface area contributed by atoms with Gasteiger partial charge in [0.25, 0.3) is 0 Å². The summed E-state index contributed by atoms with van der Waals surface area (Å²) in [6, 6.07) is 8.34. The van der Waals surface area contributed by atoms with Gasteiger partial charge in [0, 0.05) is 18.8 Å². The minimum Gasteiger partial charge on any atom is -0.294 e. The van der Waals surface area contributed by atoms with E-state index >= 15 is 0 Å². The molecule has 0 radical (unpaired) electrons. The van der Waals surface area contributed by atoms with Gasteiger partial charge in [-0.3, -0.25) is 9.40 Å². The third-order valence-electron chi connectivity index (χ3n) is 3.59. The number of benzene rings is 1. The topological polar surface area (TPSA) is 55.6 Å². The van der Waals surface area contributed by atoms with E-state index in [0.717, 1.165) is 15.6 Å². The second-order valence-electron chi connectivity index (χ2n) is 5.44. The lowest BCUT2D eigenvalue weighted by molar-refractivity contribution is 0.766. The first kappa shape index (κ1) is 16.9. The summed E-state index contributed by atoms with van der Waals surface area (Å²) < 4.78 is 5.00. The summed E-state index contributed by atoms with van der Waals surface area (Å²) in [5.41, 5.74) is 4.54. The Morgan fingerprint density at radius 1 is 1.12 bits per heavy atom. The fourth-order valence-electron chi connectivity index (χ4n) is 2.48. The van der Waals surface area contributed by atoms with Gasteiger partial charge in [-0.1, -0.05) is 18.2 Å². The predicted molar refractivity (Wildman–Crippen MR) is 101 cm³/mol. The monoisotopic (exact) mass is 357 g/mol. The Balaban J connectivity index is 1.93. The molecule has 0 aliphatic rings. The van der Waals surface area contributed by atoms with Crippen molar-refractivity contribution in [3.8, 4) is 11.3 Å². The molecule has 0 atom stereocenters. The Bertz CT molecular complexity index is 840. The Kier molecular flexibility index (Phi) is 5.11. The van der Waals surface area contributed by atoms with Crippen molar-refractivity contribution in [2.75, 3.05) is 11.0 Å². The summed E-state index contributed by atoms with van der Waals surface area (Å²) in [5.74, 6) is 0.605. The maximum atomic E-state index is 4.71. The van der Waals surface area contributed by atoms with Crippen LogP contribution in [0.25, 0.3) is 11.3 Å². The molecule has 0 unspecified atom stereocenters. The van der Waals surface area contributed by atoms with E-state index in [1.165, 1.54) is 28.6 Å². The van der Waals surface area contributed by atoms with Crippen LogP contribution in [-0.4, -0.2) is 26.0 Å². The van der Waals surface area contributed by atoms with Crippen LogP contribution in [0.4, 0.5) is 5.95 Å². The van der Waals surface area contributed by atoms with Gasteiger partial charge in [0.1, 0.15) is 5.03 Å². The number of anilines is 1. The van der Waals surface area contributed by atoms with Gasteiger partial charge in [-0.05, 0) is 49.2 Å². The molecule has 0 aliphatic heterocycles. The molecule has 124 valence electrons. The van der Waals surface area contributed by atoms with E-state index in [2.05, 4.69) is 46.9 Å². The molecule has 2 heterocycles. The van der Waals surface area contributed by atoms with Crippen molar-refractivity contribution < 1.29 is 0 Å². The third kappa shape index (κ3) is 3.73. The van der Waals surface area contributed by atoms with Crippen molar-refractivity contribution in [2.45, 2.75) is 23.8 Å². The van der Waals surface area contributed by atoms with Gasteiger partial charge in [-0.2, -0.15) is 5.10 Å². The third-order valence-corrected chi connectivity index (χ3v) is 4.95. The fourth-order valence-corrected chi connectivity index (χ4v) is 3.49. The summed E-state index contributed by atoms with van der Waals surface area (Å²) >= 11 is 3.07. The van der Waals surface area contributed by atoms with E-state index in [1.54, 1.807) is 16.4 Å².